The molecule has 0 spiro atoms. The molecule has 1 saturated heterocycles. The molecule has 0 radical (unpaired) electrons. The van der Waals surface area contributed by atoms with Gasteiger partial charge in [-0.1, -0.05) is 24.6 Å². The monoisotopic (exact) mass is 398 g/mol. The third-order valence-corrected chi connectivity index (χ3v) is 5.99. The maximum Gasteiger partial charge on any atom is 0.228 e. The van der Waals surface area contributed by atoms with Gasteiger partial charge in [0.2, 0.25) is 5.89 Å². The molecule has 1 fully saturated rings. The summed E-state index contributed by atoms with van der Waals surface area (Å²) in [5, 5.41) is 0. The van der Waals surface area contributed by atoms with Crippen molar-refractivity contribution in [3.05, 3.63) is 52.5 Å². The first-order valence-corrected chi connectivity index (χ1v) is 9.81. The van der Waals surface area contributed by atoms with E-state index in [1.807, 2.05) is 24.3 Å². The van der Waals surface area contributed by atoms with Gasteiger partial charge in [0.05, 0.1) is 5.56 Å². The average molecular weight is 399 g/mol. The van der Waals surface area contributed by atoms with Crippen molar-refractivity contribution >= 4 is 27.0 Å². The quantitative estimate of drug-likeness (QED) is 0.539. The van der Waals surface area contributed by atoms with Crippen LogP contribution >= 0.6 is 15.9 Å². The fourth-order valence-corrected chi connectivity index (χ4v) is 4.27. The number of aromatic nitrogens is 1. The third-order valence-electron chi connectivity index (χ3n) is 5.30. The van der Waals surface area contributed by atoms with E-state index in [1.165, 1.54) is 24.8 Å². The van der Waals surface area contributed by atoms with Crippen LogP contribution in [0.5, 0.6) is 0 Å². The number of hydrogen-bond donors (Lipinski definition) is 0. The topological polar surface area (TPSA) is 29.3 Å². The minimum atomic E-state index is 0.646. The first-order valence-electron chi connectivity index (χ1n) is 9.02. The smallest absolute Gasteiger partial charge is 0.228 e. The molecule has 1 aromatic heterocycles. The Morgan fingerprint density at radius 1 is 1.12 bits per heavy atom. The Hall–Kier alpha value is -1.65. The van der Waals surface area contributed by atoms with Crippen LogP contribution in [0.1, 0.15) is 38.7 Å². The van der Waals surface area contributed by atoms with E-state index in [9.17, 15) is 0 Å². The summed E-state index contributed by atoms with van der Waals surface area (Å²) in [5.41, 5.74) is 4.06. The highest BCUT2D eigenvalue weighted by molar-refractivity contribution is 9.10. The van der Waals surface area contributed by atoms with E-state index < -0.39 is 0 Å². The highest BCUT2D eigenvalue weighted by Crippen LogP contribution is 2.31. The van der Waals surface area contributed by atoms with Crippen LogP contribution in [0.25, 0.3) is 22.6 Å². The molecule has 0 unspecified atom stereocenters. The van der Waals surface area contributed by atoms with Crippen molar-refractivity contribution in [3.8, 4) is 11.5 Å². The molecule has 0 saturated carbocycles. The van der Waals surface area contributed by atoms with Crippen LogP contribution in [0.2, 0.25) is 0 Å². The number of likely N-dealkylation sites (tertiary alicyclic amines) is 1. The number of fused-ring (bicyclic) bond motifs is 1. The van der Waals surface area contributed by atoms with E-state index in [2.05, 4.69) is 52.9 Å². The Kier molecular flexibility index (Phi) is 4.65. The van der Waals surface area contributed by atoms with Crippen molar-refractivity contribution in [2.75, 3.05) is 0 Å². The van der Waals surface area contributed by atoms with E-state index in [1.54, 1.807) is 0 Å². The summed E-state index contributed by atoms with van der Waals surface area (Å²) >= 11 is 3.58. The lowest BCUT2D eigenvalue weighted by Gasteiger charge is -2.39. The molecule has 0 N–H and O–H groups in total. The predicted octanol–water partition coefficient (Wildman–Crippen LogP) is 6.02. The lowest BCUT2D eigenvalue weighted by Crippen LogP contribution is -2.42. The van der Waals surface area contributed by atoms with E-state index >= 15 is 0 Å². The molecule has 1 aliphatic heterocycles. The third kappa shape index (κ3) is 3.38. The molecule has 130 valence electrons. The summed E-state index contributed by atoms with van der Waals surface area (Å²) < 4.78 is 6.97. The van der Waals surface area contributed by atoms with Gasteiger partial charge in [-0.25, -0.2) is 4.98 Å². The minimum absolute atomic E-state index is 0.646. The van der Waals surface area contributed by atoms with E-state index in [0.29, 0.717) is 18.0 Å². The SMILES string of the molecule is C[C@@H]1CCC[C@@H](C)N1Cc1ccc2oc(-c3ccccc3Br)nc2c1. The molecule has 2 aromatic carbocycles. The number of halogens is 1. The Morgan fingerprint density at radius 2 is 1.88 bits per heavy atom. The summed E-state index contributed by atoms with van der Waals surface area (Å²) in [4.78, 5) is 7.33. The van der Waals surface area contributed by atoms with Crippen molar-refractivity contribution in [2.24, 2.45) is 0 Å². The van der Waals surface area contributed by atoms with Crippen LogP contribution in [-0.4, -0.2) is 22.0 Å². The standard InChI is InChI=1S/C21H23BrN2O/c1-14-6-5-7-15(2)24(14)13-16-10-11-20-19(12-16)23-21(25-20)17-8-3-4-9-18(17)22/h3-4,8-12,14-15H,5-7,13H2,1-2H3/t14-,15-/m1/s1. The average Bonchev–Trinajstić information content (AvgIpc) is 3.01. The molecule has 0 amide bonds. The van der Waals surface area contributed by atoms with Crippen molar-refractivity contribution in [1.29, 1.82) is 0 Å². The van der Waals surface area contributed by atoms with Gasteiger partial charge in [0, 0.05) is 23.1 Å². The van der Waals surface area contributed by atoms with Gasteiger partial charge in [-0.3, -0.25) is 4.90 Å². The molecule has 2 heterocycles. The minimum Gasteiger partial charge on any atom is -0.436 e. The number of benzene rings is 2. The van der Waals surface area contributed by atoms with Crippen molar-refractivity contribution in [3.63, 3.8) is 0 Å². The van der Waals surface area contributed by atoms with Crippen LogP contribution in [0, 0.1) is 0 Å². The Balaban J connectivity index is 1.63. The zero-order valence-electron chi connectivity index (χ0n) is 14.7. The number of hydrogen-bond acceptors (Lipinski definition) is 3. The number of rotatable bonds is 3. The van der Waals surface area contributed by atoms with Gasteiger partial charge in [-0.05, 0) is 72.4 Å². The second kappa shape index (κ2) is 6.93. The van der Waals surface area contributed by atoms with Crippen LogP contribution in [0.3, 0.4) is 0 Å². The predicted molar refractivity (Wildman–Crippen MR) is 105 cm³/mol. The first-order chi connectivity index (χ1) is 12.1. The van der Waals surface area contributed by atoms with Crippen molar-refractivity contribution in [2.45, 2.75) is 51.7 Å². The number of oxazole rings is 1. The molecule has 0 bridgehead atoms. The molecule has 4 heteroatoms. The molecule has 3 aromatic rings. The van der Waals surface area contributed by atoms with Gasteiger partial charge in [0.25, 0.3) is 0 Å². The van der Waals surface area contributed by atoms with Crippen LogP contribution in [0.15, 0.2) is 51.4 Å². The van der Waals surface area contributed by atoms with Crippen LogP contribution in [-0.2, 0) is 6.54 Å². The number of nitrogens with zero attached hydrogens (tertiary/aromatic N) is 2. The molecule has 1 aliphatic rings. The first kappa shape index (κ1) is 16.8. The van der Waals surface area contributed by atoms with Gasteiger partial charge in [0.15, 0.2) is 5.58 Å². The summed E-state index contributed by atoms with van der Waals surface area (Å²) in [6.07, 6.45) is 3.93. The van der Waals surface area contributed by atoms with Gasteiger partial charge in [0.1, 0.15) is 5.52 Å². The summed E-state index contributed by atoms with van der Waals surface area (Å²) in [6, 6.07) is 15.7. The molecule has 0 aliphatic carbocycles. The van der Waals surface area contributed by atoms with Crippen LogP contribution < -0.4 is 0 Å². The zero-order valence-corrected chi connectivity index (χ0v) is 16.3. The maximum atomic E-state index is 5.97. The lowest BCUT2D eigenvalue weighted by atomic mass is 9.97. The molecular weight excluding hydrogens is 376 g/mol. The second-order valence-corrected chi connectivity index (χ2v) is 7.96. The van der Waals surface area contributed by atoms with Crippen molar-refractivity contribution < 1.29 is 4.42 Å². The maximum absolute atomic E-state index is 5.97. The lowest BCUT2D eigenvalue weighted by molar-refractivity contribution is 0.0953. The fourth-order valence-electron chi connectivity index (χ4n) is 3.82. The zero-order chi connectivity index (χ0) is 17.4. The summed E-state index contributed by atoms with van der Waals surface area (Å²) in [5.74, 6) is 0.666. The molecule has 2 atom stereocenters. The summed E-state index contributed by atoms with van der Waals surface area (Å²) in [7, 11) is 0. The molecular formula is C21H23BrN2O. The normalized spacial score (nSPS) is 21.7. The fraction of sp³-hybridized carbons (Fsp3) is 0.381. The molecule has 4 rings (SSSR count). The van der Waals surface area contributed by atoms with Gasteiger partial charge >= 0.3 is 0 Å². The molecule has 3 nitrogen and oxygen atoms in total. The summed E-state index contributed by atoms with van der Waals surface area (Å²) in [6.45, 7) is 5.67. The van der Waals surface area contributed by atoms with Gasteiger partial charge < -0.3 is 4.42 Å². The Bertz CT molecular complexity index is 878. The second-order valence-electron chi connectivity index (χ2n) is 7.10. The van der Waals surface area contributed by atoms with E-state index in [0.717, 1.165) is 27.7 Å². The van der Waals surface area contributed by atoms with Gasteiger partial charge in [-0.15, -0.1) is 0 Å². The van der Waals surface area contributed by atoms with E-state index in [4.69, 9.17) is 9.40 Å². The highest BCUT2D eigenvalue weighted by Gasteiger charge is 2.24. The van der Waals surface area contributed by atoms with E-state index in [-0.39, 0.29) is 0 Å². The van der Waals surface area contributed by atoms with Gasteiger partial charge in [-0.2, -0.15) is 0 Å². The molecule has 25 heavy (non-hydrogen) atoms. The van der Waals surface area contributed by atoms with Crippen LogP contribution in [0.4, 0.5) is 0 Å². The number of piperidine rings is 1. The largest absolute Gasteiger partial charge is 0.436 e. The highest BCUT2D eigenvalue weighted by atomic mass is 79.9. The Morgan fingerprint density at radius 3 is 2.64 bits per heavy atom. The van der Waals surface area contributed by atoms with Crippen molar-refractivity contribution in [1.82, 2.24) is 9.88 Å². The Labute approximate surface area is 157 Å².